The van der Waals surface area contributed by atoms with Crippen molar-refractivity contribution in [3.05, 3.63) is 28.2 Å². The van der Waals surface area contributed by atoms with Crippen LogP contribution in [-0.2, 0) is 0 Å². The van der Waals surface area contributed by atoms with Gasteiger partial charge in [-0.25, -0.2) is 0 Å². The molecule has 0 atom stereocenters. The monoisotopic (exact) mass is 272 g/mol. The molecule has 0 fully saturated rings. The van der Waals surface area contributed by atoms with E-state index in [1.54, 1.807) is 13.3 Å². The second kappa shape index (κ2) is 6.42. The largest absolute Gasteiger partial charge is 0.496 e. The lowest BCUT2D eigenvalue weighted by Crippen LogP contribution is -2.11. The van der Waals surface area contributed by atoms with E-state index in [4.69, 9.17) is 9.84 Å². The molecule has 0 radical (unpaired) electrons. The quantitative estimate of drug-likeness (QED) is 0.484. The molecule has 0 bridgehead atoms. The van der Waals surface area contributed by atoms with Crippen molar-refractivity contribution in [1.82, 2.24) is 5.43 Å². The second-order valence-corrected chi connectivity index (χ2v) is 3.69. The molecule has 82 valence electrons. The molecular weight excluding hydrogens is 260 g/mol. The van der Waals surface area contributed by atoms with Crippen molar-refractivity contribution in [2.45, 2.75) is 0 Å². The van der Waals surface area contributed by atoms with Crippen molar-refractivity contribution in [3.8, 4) is 5.75 Å². The minimum Gasteiger partial charge on any atom is -0.496 e. The van der Waals surface area contributed by atoms with Crippen LogP contribution < -0.4 is 10.2 Å². The molecule has 2 N–H and O–H groups in total. The Morgan fingerprint density at radius 2 is 2.40 bits per heavy atom. The van der Waals surface area contributed by atoms with Gasteiger partial charge in [-0.2, -0.15) is 5.10 Å². The fraction of sp³-hybridized carbons (Fsp3) is 0.300. The number of benzene rings is 1. The summed E-state index contributed by atoms with van der Waals surface area (Å²) in [5.74, 6) is 0.757. The van der Waals surface area contributed by atoms with Gasteiger partial charge in [-0.15, -0.1) is 0 Å². The summed E-state index contributed by atoms with van der Waals surface area (Å²) >= 11 is 3.37. The standard InChI is InChI=1S/C10H13BrN2O2/c1-15-10-3-2-9(11)6-8(10)7-13-12-4-5-14/h2-3,6-7,12,14H,4-5H2,1H3. The van der Waals surface area contributed by atoms with E-state index in [9.17, 15) is 0 Å². The van der Waals surface area contributed by atoms with E-state index in [2.05, 4.69) is 26.5 Å². The number of hydrogen-bond acceptors (Lipinski definition) is 4. The van der Waals surface area contributed by atoms with E-state index < -0.39 is 0 Å². The zero-order valence-electron chi connectivity index (χ0n) is 8.40. The third kappa shape index (κ3) is 3.89. The Morgan fingerprint density at radius 3 is 3.07 bits per heavy atom. The zero-order valence-corrected chi connectivity index (χ0v) is 9.99. The molecule has 0 aromatic heterocycles. The van der Waals surface area contributed by atoms with Gasteiger partial charge in [0, 0.05) is 10.0 Å². The number of halogens is 1. The number of nitrogens with one attached hydrogen (secondary N) is 1. The number of hydrogen-bond donors (Lipinski definition) is 2. The summed E-state index contributed by atoms with van der Waals surface area (Å²) in [5.41, 5.74) is 3.58. The zero-order chi connectivity index (χ0) is 11.1. The van der Waals surface area contributed by atoms with E-state index in [0.29, 0.717) is 6.54 Å². The minimum atomic E-state index is 0.0625. The fourth-order valence-electron chi connectivity index (χ4n) is 1.04. The van der Waals surface area contributed by atoms with Crippen LogP contribution in [0.25, 0.3) is 0 Å². The highest BCUT2D eigenvalue weighted by Gasteiger charge is 2.00. The van der Waals surface area contributed by atoms with Crippen LogP contribution in [-0.4, -0.2) is 31.6 Å². The molecule has 15 heavy (non-hydrogen) atoms. The Kier molecular flexibility index (Phi) is 5.14. The number of aliphatic hydroxyl groups is 1. The van der Waals surface area contributed by atoms with Crippen LogP contribution in [0.1, 0.15) is 5.56 Å². The molecule has 0 saturated heterocycles. The van der Waals surface area contributed by atoms with Crippen molar-refractivity contribution >= 4 is 22.1 Å². The lowest BCUT2D eigenvalue weighted by molar-refractivity contribution is 0.294. The van der Waals surface area contributed by atoms with Crippen molar-refractivity contribution < 1.29 is 9.84 Å². The first-order valence-corrected chi connectivity index (χ1v) is 5.27. The average molecular weight is 273 g/mol. The molecule has 1 aromatic rings. The van der Waals surface area contributed by atoms with Crippen molar-refractivity contribution in [2.75, 3.05) is 20.3 Å². The minimum absolute atomic E-state index is 0.0625. The van der Waals surface area contributed by atoms with Gasteiger partial charge in [-0.05, 0) is 18.2 Å². The molecule has 1 aromatic carbocycles. The van der Waals surface area contributed by atoms with Gasteiger partial charge in [0.1, 0.15) is 5.75 Å². The molecule has 0 aliphatic rings. The van der Waals surface area contributed by atoms with E-state index in [1.807, 2.05) is 18.2 Å². The maximum atomic E-state index is 8.54. The number of methoxy groups -OCH3 is 1. The third-order valence-electron chi connectivity index (χ3n) is 1.71. The normalized spacial score (nSPS) is 10.6. The Morgan fingerprint density at radius 1 is 1.60 bits per heavy atom. The Hall–Kier alpha value is -1.07. The molecule has 1 rings (SSSR count). The van der Waals surface area contributed by atoms with Gasteiger partial charge in [0.05, 0.1) is 26.5 Å². The number of nitrogens with zero attached hydrogens (tertiary/aromatic N) is 1. The molecule has 5 heteroatoms. The number of aliphatic hydroxyl groups excluding tert-OH is 1. The van der Waals surface area contributed by atoms with Crippen LogP contribution in [0.15, 0.2) is 27.8 Å². The number of ether oxygens (including phenoxy) is 1. The maximum absolute atomic E-state index is 8.54. The summed E-state index contributed by atoms with van der Waals surface area (Å²) < 4.78 is 6.13. The van der Waals surface area contributed by atoms with Crippen LogP contribution in [0.3, 0.4) is 0 Å². The Bertz CT molecular complexity index is 342. The van der Waals surface area contributed by atoms with Crippen LogP contribution in [0.2, 0.25) is 0 Å². The van der Waals surface area contributed by atoms with Crippen molar-refractivity contribution in [2.24, 2.45) is 5.10 Å². The van der Waals surface area contributed by atoms with E-state index in [0.717, 1.165) is 15.8 Å². The van der Waals surface area contributed by atoms with Crippen LogP contribution >= 0.6 is 15.9 Å². The van der Waals surface area contributed by atoms with Crippen LogP contribution in [0.4, 0.5) is 0 Å². The maximum Gasteiger partial charge on any atom is 0.127 e. The summed E-state index contributed by atoms with van der Waals surface area (Å²) in [5, 5.41) is 12.5. The highest BCUT2D eigenvalue weighted by molar-refractivity contribution is 9.10. The molecule has 0 unspecified atom stereocenters. The van der Waals surface area contributed by atoms with Gasteiger partial charge in [0.15, 0.2) is 0 Å². The summed E-state index contributed by atoms with van der Waals surface area (Å²) in [6, 6.07) is 5.66. The molecule has 0 amide bonds. The molecule has 4 nitrogen and oxygen atoms in total. The molecule has 0 saturated carbocycles. The summed E-state index contributed by atoms with van der Waals surface area (Å²) in [6.45, 7) is 0.500. The first-order valence-electron chi connectivity index (χ1n) is 4.48. The molecular formula is C10H13BrN2O2. The lowest BCUT2D eigenvalue weighted by atomic mass is 10.2. The Balaban J connectivity index is 2.73. The van der Waals surface area contributed by atoms with E-state index in [1.165, 1.54) is 0 Å². The number of rotatable bonds is 5. The first kappa shape index (κ1) is 12.0. The number of hydrazone groups is 1. The predicted molar refractivity (Wildman–Crippen MR) is 63.4 cm³/mol. The van der Waals surface area contributed by atoms with E-state index >= 15 is 0 Å². The molecule has 0 heterocycles. The third-order valence-corrected chi connectivity index (χ3v) is 2.20. The first-order chi connectivity index (χ1) is 7.27. The van der Waals surface area contributed by atoms with Crippen LogP contribution in [0, 0.1) is 0 Å². The lowest BCUT2D eigenvalue weighted by Gasteiger charge is -2.04. The highest BCUT2D eigenvalue weighted by atomic mass is 79.9. The van der Waals surface area contributed by atoms with E-state index in [-0.39, 0.29) is 6.61 Å². The van der Waals surface area contributed by atoms with Gasteiger partial charge in [0.2, 0.25) is 0 Å². The smallest absolute Gasteiger partial charge is 0.127 e. The van der Waals surface area contributed by atoms with Gasteiger partial charge in [-0.3, -0.25) is 0 Å². The summed E-state index contributed by atoms with van der Waals surface area (Å²) in [7, 11) is 1.61. The summed E-state index contributed by atoms with van der Waals surface area (Å²) in [6.07, 6.45) is 1.65. The van der Waals surface area contributed by atoms with Gasteiger partial charge in [0.25, 0.3) is 0 Å². The second-order valence-electron chi connectivity index (χ2n) is 2.78. The fourth-order valence-corrected chi connectivity index (χ4v) is 1.41. The topological polar surface area (TPSA) is 53.8 Å². The SMILES string of the molecule is COc1ccc(Br)cc1C=NNCCO. The van der Waals surface area contributed by atoms with Gasteiger partial charge >= 0.3 is 0 Å². The molecule has 0 aliphatic heterocycles. The van der Waals surface area contributed by atoms with Gasteiger partial charge < -0.3 is 15.3 Å². The highest BCUT2D eigenvalue weighted by Crippen LogP contribution is 2.21. The average Bonchev–Trinajstić information content (AvgIpc) is 2.25. The molecule has 0 aliphatic carbocycles. The summed E-state index contributed by atoms with van der Waals surface area (Å²) in [4.78, 5) is 0. The van der Waals surface area contributed by atoms with Crippen molar-refractivity contribution in [1.29, 1.82) is 0 Å². The van der Waals surface area contributed by atoms with Crippen molar-refractivity contribution in [3.63, 3.8) is 0 Å². The predicted octanol–water partition coefficient (Wildman–Crippen LogP) is 1.37. The van der Waals surface area contributed by atoms with Crippen LogP contribution in [0.5, 0.6) is 5.75 Å². The van der Waals surface area contributed by atoms with Gasteiger partial charge in [-0.1, -0.05) is 15.9 Å². The molecule has 0 spiro atoms. The Labute approximate surface area is 97.1 Å².